The molecule has 0 fully saturated rings. The van der Waals surface area contributed by atoms with E-state index >= 15 is 0 Å². The first-order valence-corrected chi connectivity index (χ1v) is 8.61. The predicted octanol–water partition coefficient (Wildman–Crippen LogP) is 3.26. The molecule has 0 aliphatic carbocycles. The summed E-state index contributed by atoms with van der Waals surface area (Å²) < 4.78 is 4.55. The fourth-order valence-electron chi connectivity index (χ4n) is 2.43. The molecular weight excluding hydrogens is 346 g/mol. The normalized spacial score (nSPS) is 11.0. The Morgan fingerprint density at radius 2 is 1.78 bits per heavy atom. The number of hydrogen-bond acceptors (Lipinski definition) is 3. The second kappa shape index (κ2) is 9.96. The molecule has 0 aromatic heterocycles. The second-order valence-electron chi connectivity index (χ2n) is 5.76. The third kappa shape index (κ3) is 5.85. The molecular formula is C20H23N3O4. The lowest BCUT2D eigenvalue weighted by molar-refractivity contribution is 0.0697. The van der Waals surface area contributed by atoms with Gasteiger partial charge < -0.3 is 20.5 Å². The van der Waals surface area contributed by atoms with E-state index in [-0.39, 0.29) is 5.56 Å². The summed E-state index contributed by atoms with van der Waals surface area (Å²) in [6.07, 6.45) is 0.209. The summed E-state index contributed by atoms with van der Waals surface area (Å²) >= 11 is 0. The van der Waals surface area contributed by atoms with E-state index in [4.69, 9.17) is 0 Å². The van der Waals surface area contributed by atoms with E-state index in [1.54, 1.807) is 18.2 Å². The number of nitrogens with zero attached hydrogens (tertiary/aromatic N) is 1. The smallest absolute Gasteiger partial charge is 0.436 e. The maximum atomic E-state index is 11.4. The Morgan fingerprint density at radius 1 is 1.07 bits per heavy atom. The quantitative estimate of drug-likeness (QED) is 0.534. The zero-order valence-electron chi connectivity index (χ0n) is 15.4. The molecule has 0 aliphatic rings. The number of carboxylic acid groups (broad SMARTS) is 1. The Labute approximate surface area is 158 Å². The number of methoxy groups -OCH3 is 1. The van der Waals surface area contributed by atoms with E-state index in [1.807, 2.05) is 37.3 Å². The van der Waals surface area contributed by atoms with Crippen LogP contribution in [-0.4, -0.2) is 36.8 Å². The number of carboxylic acids is 1. The Morgan fingerprint density at radius 3 is 2.41 bits per heavy atom. The van der Waals surface area contributed by atoms with Crippen molar-refractivity contribution in [3.8, 4) is 11.1 Å². The first-order valence-electron chi connectivity index (χ1n) is 8.61. The first-order chi connectivity index (χ1) is 13.0. The van der Waals surface area contributed by atoms with Gasteiger partial charge in [-0.05, 0) is 29.2 Å². The fraction of sp³-hybridized carbons (Fsp3) is 0.250. The number of rotatable bonds is 6. The van der Waals surface area contributed by atoms with E-state index < -0.39 is 12.1 Å². The van der Waals surface area contributed by atoms with Crippen LogP contribution in [0.2, 0.25) is 0 Å². The highest BCUT2D eigenvalue weighted by molar-refractivity contribution is 5.96. The Bertz CT molecular complexity index is 816. The minimum atomic E-state index is -0.956. The van der Waals surface area contributed by atoms with E-state index in [9.17, 15) is 14.7 Å². The van der Waals surface area contributed by atoms with E-state index in [2.05, 4.69) is 20.4 Å². The van der Waals surface area contributed by atoms with Crippen LogP contribution in [0.25, 0.3) is 11.1 Å². The molecule has 2 aromatic carbocycles. The Hall–Kier alpha value is -3.35. The number of carbonyl (C=O) groups is 2. The number of aliphatic imine (C=N–C) groups is 1. The van der Waals surface area contributed by atoms with Crippen LogP contribution >= 0.6 is 0 Å². The summed E-state index contributed by atoms with van der Waals surface area (Å²) in [6, 6.07) is 14.4. The highest BCUT2D eigenvalue weighted by Gasteiger charge is 2.10. The van der Waals surface area contributed by atoms with Crippen molar-refractivity contribution in [2.24, 2.45) is 4.99 Å². The molecule has 2 aromatic rings. The molecule has 0 unspecified atom stereocenters. The third-order valence-electron chi connectivity index (χ3n) is 3.80. The van der Waals surface area contributed by atoms with Crippen molar-refractivity contribution in [3.05, 3.63) is 59.7 Å². The van der Waals surface area contributed by atoms with E-state index in [0.717, 1.165) is 17.5 Å². The summed E-state index contributed by atoms with van der Waals surface area (Å²) in [6.45, 7) is 3.14. The highest BCUT2D eigenvalue weighted by Crippen LogP contribution is 2.24. The van der Waals surface area contributed by atoms with Crippen molar-refractivity contribution < 1.29 is 19.4 Å². The van der Waals surface area contributed by atoms with Gasteiger partial charge in [-0.1, -0.05) is 49.4 Å². The van der Waals surface area contributed by atoms with Crippen LogP contribution in [0, 0.1) is 0 Å². The average molecular weight is 369 g/mol. The lowest BCUT2D eigenvalue weighted by Crippen LogP contribution is -2.38. The SMILES string of the molecule is CCCNC(=NC(=O)OC)NCc1ccc(-c2ccccc2C(=O)O)cc1. The number of aromatic carboxylic acids is 1. The summed E-state index contributed by atoms with van der Waals surface area (Å²) in [7, 11) is 1.27. The van der Waals surface area contributed by atoms with Gasteiger partial charge in [-0.25, -0.2) is 9.59 Å². The molecule has 0 bridgehead atoms. The van der Waals surface area contributed by atoms with Crippen molar-refractivity contribution in [3.63, 3.8) is 0 Å². The van der Waals surface area contributed by atoms with Crippen LogP contribution in [-0.2, 0) is 11.3 Å². The summed E-state index contributed by atoms with van der Waals surface area (Å²) in [5, 5.41) is 15.4. The lowest BCUT2D eigenvalue weighted by atomic mass is 9.99. The Kier molecular flexibility index (Phi) is 7.37. The molecule has 27 heavy (non-hydrogen) atoms. The van der Waals surface area contributed by atoms with Gasteiger partial charge in [-0.2, -0.15) is 0 Å². The molecule has 0 aliphatic heterocycles. The topological polar surface area (TPSA) is 100 Å². The van der Waals surface area contributed by atoms with Crippen molar-refractivity contribution in [2.75, 3.05) is 13.7 Å². The van der Waals surface area contributed by atoms with E-state index in [1.165, 1.54) is 7.11 Å². The highest BCUT2D eigenvalue weighted by atomic mass is 16.5. The van der Waals surface area contributed by atoms with Crippen LogP contribution in [0.5, 0.6) is 0 Å². The Balaban J connectivity index is 2.10. The number of hydrogen-bond donors (Lipinski definition) is 3. The standard InChI is InChI=1S/C20H23N3O4/c1-3-12-21-19(23-20(26)27-2)22-13-14-8-10-15(11-9-14)16-6-4-5-7-17(16)18(24)25/h4-11H,3,12-13H2,1-2H3,(H,24,25)(H2,21,22,23,26). The van der Waals surface area contributed by atoms with Crippen LogP contribution in [0.1, 0.15) is 29.3 Å². The monoisotopic (exact) mass is 369 g/mol. The second-order valence-corrected chi connectivity index (χ2v) is 5.76. The molecule has 0 heterocycles. The van der Waals surface area contributed by atoms with Crippen LogP contribution in [0.4, 0.5) is 4.79 Å². The molecule has 0 saturated carbocycles. The lowest BCUT2D eigenvalue weighted by Gasteiger charge is -2.12. The number of guanidine groups is 1. The summed E-state index contributed by atoms with van der Waals surface area (Å²) in [4.78, 5) is 26.5. The van der Waals surface area contributed by atoms with Gasteiger partial charge >= 0.3 is 12.1 Å². The fourth-order valence-corrected chi connectivity index (χ4v) is 2.43. The zero-order chi connectivity index (χ0) is 19.6. The van der Waals surface area contributed by atoms with Crippen molar-refractivity contribution >= 4 is 18.0 Å². The first kappa shape index (κ1) is 20.0. The van der Waals surface area contributed by atoms with Gasteiger partial charge in [-0.15, -0.1) is 4.99 Å². The van der Waals surface area contributed by atoms with Gasteiger partial charge in [0, 0.05) is 13.1 Å². The zero-order valence-corrected chi connectivity index (χ0v) is 15.4. The molecule has 142 valence electrons. The molecule has 7 heteroatoms. The molecule has 7 nitrogen and oxygen atoms in total. The van der Waals surface area contributed by atoms with E-state index in [0.29, 0.717) is 24.6 Å². The molecule has 0 spiro atoms. The number of ether oxygens (including phenoxy) is 1. The van der Waals surface area contributed by atoms with Gasteiger partial charge in [0.1, 0.15) is 0 Å². The maximum absolute atomic E-state index is 11.4. The molecule has 2 rings (SSSR count). The third-order valence-corrected chi connectivity index (χ3v) is 3.80. The largest absolute Gasteiger partial charge is 0.478 e. The number of amides is 1. The minimum absolute atomic E-state index is 0.264. The molecule has 1 amide bonds. The van der Waals surface area contributed by atoms with Crippen LogP contribution in [0.15, 0.2) is 53.5 Å². The van der Waals surface area contributed by atoms with Crippen LogP contribution in [0.3, 0.4) is 0 Å². The minimum Gasteiger partial charge on any atom is -0.478 e. The molecule has 0 saturated heterocycles. The molecule has 3 N–H and O–H groups in total. The van der Waals surface area contributed by atoms with Crippen molar-refractivity contribution in [1.29, 1.82) is 0 Å². The average Bonchev–Trinajstić information content (AvgIpc) is 2.70. The van der Waals surface area contributed by atoms with Gasteiger partial charge in [-0.3, -0.25) is 0 Å². The maximum Gasteiger partial charge on any atom is 0.436 e. The van der Waals surface area contributed by atoms with Crippen molar-refractivity contribution in [2.45, 2.75) is 19.9 Å². The number of carbonyl (C=O) groups excluding carboxylic acids is 1. The van der Waals surface area contributed by atoms with Gasteiger partial charge in [0.15, 0.2) is 0 Å². The van der Waals surface area contributed by atoms with Gasteiger partial charge in [0.2, 0.25) is 5.96 Å². The van der Waals surface area contributed by atoms with Gasteiger partial charge in [0.05, 0.1) is 12.7 Å². The predicted molar refractivity (Wildman–Crippen MR) is 104 cm³/mol. The summed E-state index contributed by atoms with van der Waals surface area (Å²) in [5.74, 6) is -0.606. The van der Waals surface area contributed by atoms with Crippen LogP contribution < -0.4 is 10.6 Å². The molecule has 0 radical (unpaired) electrons. The molecule has 0 atom stereocenters. The number of nitrogens with one attached hydrogen (secondary N) is 2. The van der Waals surface area contributed by atoms with Crippen molar-refractivity contribution in [1.82, 2.24) is 10.6 Å². The van der Waals surface area contributed by atoms with Gasteiger partial charge in [0.25, 0.3) is 0 Å². The number of benzene rings is 2. The summed E-state index contributed by atoms with van der Waals surface area (Å²) in [5.41, 5.74) is 2.72.